The van der Waals surface area contributed by atoms with Crippen LogP contribution in [-0.2, 0) is 0 Å². The SMILES string of the molecule is CCC(CO)(CO)CCC(C)(C)C. The van der Waals surface area contributed by atoms with Gasteiger partial charge in [0.15, 0.2) is 0 Å². The summed E-state index contributed by atoms with van der Waals surface area (Å²) in [7, 11) is 0. The lowest BCUT2D eigenvalue weighted by atomic mass is 9.77. The summed E-state index contributed by atoms with van der Waals surface area (Å²) < 4.78 is 0. The van der Waals surface area contributed by atoms with E-state index in [4.69, 9.17) is 0 Å². The second-order valence-corrected chi connectivity index (χ2v) is 5.23. The van der Waals surface area contributed by atoms with Crippen LogP contribution in [0.2, 0.25) is 0 Å². The number of rotatable bonds is 5. The third-order valence-electron chi connectivity index (χ3n) is 2.83. The van der Waals surface area contributed by atoms with Crippen LogP contribution in [0, 0.1) is 10.8 Å². The normalized spacial score (nSPS) is 13.4. The van der Waals surface area contributed by atoms with Crippen LogP contribution in [0.3, 0.4) is 0 Å². The molecule has 0 aromatic rings. The average Bonchev–Trinajstić information content (AvgIpc) is 2.06. The Morgan fingerprint density at radius 2 is 1.38 bits per heavy atom. The van der Waals surface area contributed by atoms with Crippen LogP contribution in [0.4, 0.5) is 0 Å². The molecule has 0 aliphatic heterocycles. The minimum atomic E-state index is -0.257. The van der Waals surface area contributed by atoms with Crippen molar-refractivity contribution in [3.05, 3.63) is 0 Å². The molecule has 0 fully saturated rings. The molecule has 0 unspecified atom stereocenters. The Balaban J connectivity index is 4.11. The molecule has 80 valence electrons. The lowest BCUT2D eigenvalue weighted by Crippen LogP contribution is -2.30. The van der Waals surface area contributed by atoms with Gasteiger partial charge in [-0.25, -0.2) is 0 Å². The Morgan fingerprint density at radius 1 is 0.923 bits per heavy atom. The molecule has 0 bridgehead atoms. The van der Waals surface area contributed by atoms with Crippen LogP contribution in [0.1, 0.15) is 47.0 Å². The van der Waals surface area contributed by atoms with E-state index in [0.29, 0.717) is 0 Å². The van der Waals surface area contributed by atoms with Gasteiger partial charge in [-0.05, 0) is 24.7 Å². The monoisotopic (exact) mass is 188 g/mol. The lowest BCUT2D eigenvalue weighted by Gasteiger charge is -2.31. The van der Waals surface area contributed by atoms with Gasteiger partial charge in [0.2, 0.25) is 0 Å². The standard InChI is InChI=1S/C11H24O2/c1-5-11(8-12,9-13)7-6-10(2,3)4/h12-13H,5-9H2,1-4H3. The number of hydrogen-bond acceptors (Lipinski definition) is 2. The molecule has 13 heavy (non-hydrogen) atoms. The van der Waals surface area contributed by atoms with Gasteiger partial charge in [0.05, 0.1) is 13.2 Å². The van der Waals surface area contributed by atoms with Crippen molar-refractivity contribution in [2.24, 2.45) is 10.8 Å². The van der Waals surface area contributed by atoms with Crippen LogP contribution >= 0.6 is 0 Å². The second-order valence-electron chi connectivity index (χ2n) is 5.23. The van der Waals surface area contributed by atoms with Crippen LogP contribution in [-0.4, -0.2) is 23.4 Å². The summed E-state index contributed by atoms with van der Waals surface area (Å²) in [5.41, 5.74) is 0.0258. The van der Waals surface area contributed by atoms with E-state index in [1.807, 2.05) is 6.92 Å². The van der Waals surface area contributed by atoms with Gasteiger partial charge < -0.3 is 10.2 Å². The number of hydrogen-bond donors (Lipinski definition) is 2. The van der Waals surface area contributed by atoms with Crippen LogP contribution < -0.4 is 0 Å². The first-order valence-corrected chi connectivity index (χ1v) is 5.11. The molecular formula is C11H24O2. The molecule has 0 atom stereocenters. The summed E-state index contributed by atoms with van der Waals surface area (Å²) in [6.07, 6.45) is 2.79. The Labute approximate surface area is 82.0 Å². The summed E-state index contributed by atoms with van der Waals surface area (Å²) in [4.78, 5) is 0. The van der Waals surface area contributed by atoms with Crippen molar-refractivity contribution in [3.63, 3.8) is 0 Å². The fourth-order valence-corrected chi connectivity index (χ4v) is 1.25. The van der Waals surface area contributed by atoms with Crippen LogP contribution in [0.15, 0.2) is 0 Å². The maximum atomic E-state index is 9.21. The van der Waals surface area contributed by atoms with Gasteiger partial charge in [-0.1, -0.05) is 27.7 Å². The maximum Gasteiger partial charge on any atom is 0.0509 e. The Bertz CT molecular complexity index is 123. The molecule has 0 radical (unpaired) electrons. The predicted octanol–water partition coefficient (Wildman–Crippen LogP) is 2.19. The van der Waals surface area contributed by atoms with Gasteiger partial charge in [0.1, 0.15) is 0 Å². The van der Waals surface area contributed by atoms with Crippen molar-refractivity contribution in [1.29, 1.82) is 0 Å². The van der Waals surface area contributed by atoms with Gasteiger partial charge in [-0.3, -0.25) is 0 Å². The van der Waals surface area contributed by atoms with E-state index in [1.165, 1.54) is 0 Å². The first kappa shape index (κ1) is 12.9. The Kier molecular flexibility index (Phi) is 4.93. The van der Waals surface area contributed by atoms with Crippen LogP contribution in [0.5, 0.6) is 0 Å². The largest absolute Gasteiger partial charge is 0.396 e. The van der Waals surface area contributed by atoms with E-state index in [1.54, 1.807) is 0 Å². The molecule has 0 amide bonds. The molecule has 2 heteroatoms. The quantitative estimate of drug-likeness (QED) is 0.694. The highest BCUT2D eigenvalue weighted by Gasteiger charge is 2.28. The van der Waals surface area contributed by atoms with Crippen molar-refractivity contribution < 1.29 is 10.2 Å². The molecule has 0 aliphatic rings. The number of aliphatic hydroxyl groups is 2. The third-order valence-corrected chi connectivity index (χ3v) is 2.83. The summed E-state index contributed by atoms with van der Waals surface area (Å²) in [5, 5.41) is 18.4. The Morgan fingerprint density at radius 3 is 1.62 bits per heavy atom. The van der Waals surface area contributed by atoms with Gasteiger partial charge >= 0.3 is 0 Å². The van der Waals surface area contributed by atoms with E-state index in [0.717, 1.165) is 19.3 Å². The van der Waals surface area contributed by atoms with Crippen molar-refractivity contribution in [3.8, 4) is 0 Å². The van der Waals surface area contributed by atoms with Crippen molar-refractivity contribution in [1.82, 2.24) is 0 Å². The zero-order valence-corrected chi connectivity index (χ0v) is 9.43. The molecule has 0 aliphatic carbocycles. The van der Waals surface area contributed by atoms with Gasteiger partial charge in [0, 0.05) is 5.41 Å². The molecule has 2 nitrogen and oxygen atoms in total. The highest BCUT2D eigenvalue weighted by atomic mass is 16.3. The van der Waals surface area contributed by atoms with E-state index >= 15 is 0 Å². The molecule has 0 aromatic heterocycles. The topological polar surface area (TPSA) is 40.5 Å². The molecule has 0 heterocycles. The summed E-state index contributed by atoms with van der Waals surface area (Å²) in [6.45, 7) is 8.76. The molecular weight excluding hydrogens is 164 g/mol. The average molecular weight is 188 g/mol. The fourth-order valence-electron chi connectivity index (χ4n) is 1.25. The van der Waals surface area contributed by atoms with E-state index < -0.39 is 0 Å². The molecule has 0 rings (SSSR count). The van der Waals surface area contributed by atoms with Crippen molar-refractivity contribution in [2.45, 2.75) is 47.0 Å². The van der Waals surface area contributed by atoms with Crippen LogP contribution in [0.25, 0.3) is 0 Å². The smallest absolute Gasteiger partial charge is 0.0509 e. The summed E-state index contributed by atoms with van der Waals surface area (Å²) >= 11 is 0. The zero-order chi connectivity index (χ0) is 10.5. The first-order chi connectivity index (χ1) is 5.89. The van der Waals surface area contributed by atoms with Gasteiger partial charge in [0.25, 0.3) is 0 Å². The molecule has 0 saturated carbocycles. The number of aliphatic hydroxyl groups excluding tert-OH is 2. The van der Waals surface area contributed by atoms with E-state index in [9.17, 15) is 10.2 Å². The minimum Gasteiger partial charge on any atom is -0.396 e. The summed E-state index contributed by atoms with van der Waals surface area (Å²) in [6, 6.07) is 0. The lowest BCUT2D eigenvalue weighted by molar-refractivity contribution is 0.0347. The predicted molar refractivity (Wildman–Crippen MR) is 55.6 cm³/mol. The third kappa shape index (κ3) is 4.63. The van der Waals surface area contributed by atoms with Gasteiger partial charge in [-0.2, -0.15) is 0 Å². The second kappa shape index (κ2) is 4.97. The fraction of sp³-hybridized carbons (Fsp3) is 1.00. The zero-order valence-electron chi connectivity index (χ0n) is 9.43. The highest BCUT2D eigenvalue weighted by molar-refractivity contribution is 4.78. The highest BCUT2D eigenvalue weighted by Crippen LogP contribution is 2.32. The molecule has 0 spiro atoms. The molecule has 2 N–H and O–H groups in total. The summed E-state index contributed by atoms with van der Waals surface area (Å²) in [5.74, 6) is 0. The van der Waals surface area contributed by atoms with E-state index in [2.05, 4.69) is 20.8 Å². The Hall–Kier alpha value is -0.0800. The molecule has 0 aromatic carbocycles. The van der Waals surface area contributed by atoms with Crippen molar-refractivity contribution >= 4 is 0 Å². The minimum absolute atomic E-state index is 0.0933. The van der Waals surface area contributed by atoms with Gasteiger partial charge in [-0.15, -0.1) is 0 Å². The first-order valence-electron chi connectivity index (χ1n) is 5.11. The van der Waals surface area contributed by atoms with E-state index in [-0.39, 0.29) is 24.0 Å². The van der Waals surface area contributed by atoms with Crippen molar-refractivity contribution in [2.75, 3.05) is 13.2 Å². The molecule has 0 saturated heterocycles. The maximum absolute atomic E-state index is 9.21.